The first kappa shape index (κ1) is 19.1. The van der Waals surface area contributed by atoms with E-state index in [0.29, 0.717) is 23.6 Å². The number of aryl methyl sites for hydroxylation is 1. The number of rotatable bonds is 6. The Morgan fingerprint density at radius 1 is 1.07 bits per heavy atom. The maximum absolute atomic E-state index is 12.4. The van der Waals surface area contributed by atoms with E-state index in [1.165, 1.54) is 12.3 Å². The van der Waals surface area contributed by atoms with Crippen LogP contribution in [0, 0.1) is 6.92 Å². The van der Waals surface area contributed by atoms with Crippen LogP contribution in [0.1, 0.15) is 31.8 Å². The topological polar surface area (TPSA) is 82.5 Å². The molecule has 1 aromatic heterocycles. The van der Waals surface area contributed by atoms with E-state index in [4.69, 9.17) is 0 Å². The molecule has 1 heterocycles. The Balaban J connectivity index is 1.81. The van der Waals surface area contributed by atoms with Crippen LogP contribution in [-0.2, 0) is 6.54 Å². The van der Waals surface area contributed by atoms with E-state index in [1.54, 1.807) is 24.1 Å². The molecule has 0 saturated heterocycles. The SMILES string of the molecule is Cc1ccc(C(=O)Nc2cnc(N(C)Cc3ccccc3)c(C(=O)O)c2)cc1. The second kappa shape index (κ2) is 8.35. The first-order valence-corrected chi connectivity index (χ1v) is 8.80. The average Bonchev–Trinajstić information content (AvgIpc) is 2.69. The number of nitrogens with one attached hydrogen (secondary N) is 1. The van der Waals surface area contributed by atoms with Crippen LogP contribution >= 0.6 is 0 Å². The smallest absolute Gasteiger partial charge is 0.339 e. The number of amides is 1. The van der Waals surface area contributed by atoms with Gasteiger partial charge in [-0.2, -0.15) is 0 Å². The van der Waals surface area contributed by atoms with Gasteiger partial charge in [0.25, 0.3) is 5.91 Å². The van der Waals surface area contributed by atoms with Crippen molar-refractivity contribution in [3.63, 3.8) is 0 Å². The second-order valence-electron chi connectivity index (χ2n) is 6.56. The Kier molecular flexibility index (Phi) is 5.69. The Labute approximate surface area is 163 Å². The molecule has 0 fully saturated rings. The highest BCUT2D eigenvalue weighted by Gasteiger charge is 2.17. The quantitative estimate of drug-likeness (QED) is 0.681. The lowest BCUT2D eigenvalue weighted by atomic mass is 10.1. The number of carboxylic acid groups (broad SMARTS) is 1. The molecular weight excluding hydrogens is 354 g/mol. The van der Waals surface area contributed by atoms with Crippen LogP contribution in [0.3, 0.4) is 0 Å². The van der Waals surface area contributed by atoms with Crippen LogP contribution in [0.2, 0.25) is 0 Å². The molecule has 1 amide bonds. The zero-order valence-corrected chi connectivity index (χ0v) is 15.7. The molecule has 142 valence electrons. The van der Waals surface area contributed by atoms with Crippen LogP contribution in [0.4, 0.5) is 11.5 Å². The molecule has 0 aliphatic rings. The molecule has 0 aliphatic heterocycles. The maximum atomic E-state index is 12.4. The highest BCUT2D eigenvalue weighted by molar-refractivity contribution is 6.05. The normalized spacial score (nSPS) is 10.4. The molecule has 28 heavy (non-hydrogen) atoms. The Morgan fingerprint density at radius 2 is 1.75 bits per heavy atom. The minimum atomic E-state index is -1.10. The third-order valence-corrected chi connectivity index (χ3v) is 4.29. The summed E-state index contributed by atoms with van der Waals surface area (Å²) in [6, 6.07) is 18.3. The van der Waals surface area contributed by atoms with Crippen molar-refractivity contribution in [3.8, 4) is 0 Å². The summed E-state index contributed by atoms with van der Waals surface area (Å²) >= 11 is 0. The van der Waals surface area contributed by atoms with Crippen LogP contribution in [-0.4, -0.2) is 29.0 Å². The van der Waals surface area contributed by atoms with Gasteiger partial charge in [-0.1, -0.05) is 48.0 Å². The molecule has 3 aromatic rings. The van der Waals surface area contributed by atoms with Gasteiger partial charge >= 0.3 is 5.97 Å². The minimum absolute atomic E-state index is 0.0279. The lowest BCUT2D eigenvalue weighted by Crippen LogP contribution is -2.21. The van der Waals surface area contributed by atoms with Gasteiger partial charge in [0.15, 0.2) is 0 Å². The van der Waals surface area contributed by atoms with Crippen molar-refractivity contribution in [1.29, 1.82) is 0 Å². The summed E-state index contributed by atoms with van der Waals surface area (Å²) in [5, 5.41) is 12.3. The van der Waals surface area contributed by atoms with Crippen molar-refractivity contribution in [1.82, 2.24) is 4.98 Å². The number of hydrogen-bond donors (Lipinski definition) is 2. The van der Waals surface area contributed by atoms with Gasteiger partial charge < -0.3 is 15.3 Å². The first-order chi connectivity index (χ1) is 13.4. The number of nitrogens with zero attached hydrogens (tertiary/aromatic N) is 2. The van der Waals surface area contributed by atoms with Crippen LogP contribution < -0.4 is 10.2 Å². The molecule has 0 saturated carbocycles. The lowest BCUT2D eigenvalue weighted by Gasteiger charge is -2.20. The van der Waals surface area contributed by atoms with E-state index < -0.39 is 5.97 Å². The highest BCUT2D eigenvalue weighted by Crippen LogP contribution is 2.22. The van der Waals surface area contributed by atoms with E-state index >= 15 is 0 Å². The fourth-order valence-corrected chi connectivity index (χ4v) is 2.83. The van der Waals surface area contributed by atoms with Gasteiger partial charge in [0.2, 0.25) is 0 Å². The van der Waals surface area contributed by atoms with Gasteiger partial charge in [0.05, 0.1) is 11.9 Å². The second-order valence-corrected chi connectivity index (χ2v) is 6.56. The third kappa shape index (κ3) is 4.54. The number of pyridine rings is 1. The molecule has 0 atom stereocenters. The number of aromatic nitrogens is 1. The van der Waals surface area contributed by atoms with Crippen molar-refractivity contribution >= 4 is 23.4 Å². The first-order valence-electron chi connectivity index (χ1n) is 8.80. The van der Waals surface area contributed by atoms with Crippen molar-refractivity contribution in [2.45, 2.75) is 13.5 Å². The summed E-state index contributed by atoms with van der Waals surface area (Å²) in [6.45, 7) is 2.46. The molecular formula is C22H21N3O3. The van der Waals surface area contributed by atoms with Gasteiger partial charge in [-0.15, -0.1) is 0 Å². The van der Waals surface area contributed by atoms with Crippen molar-refractivity contribution in [3.05, 3.63) is 89.1 Å². The van der Waals surface area contributed by atoms with Crippen molar-refractivity contribution in [2.24, 2.45) is 0 Å². The van der Waals surface area contributed by atoms with Gasteiger partial charge in [0.1, 0.15) is 11.4 Å². The summed E-state index contributed by atoms with van der Waals surface area (Å²) in [5.41, 5.74) is 2.95. The fourth-order valence-electron chi connectivity index (χ4n) is 2.83. The van der Waals surface area contributed by atoms with Crippen LogP contribution in [0.5, 0.6) is 0 Å². The number of carboxylic acids is 1. The molecule has 0 aliphatic carbocycles. The van der Waals surface area contributed by atoms with Gasteiger partial charge in [-0.3, -0.25) is 4.79 Å². The summed E-state index contributed by atoms with van der Waals surface area (Å²) in [6.07, 6.45) is 1.47. The number of benzene rings is 2. The minimum Gasteiger partial charge on any atom is -0.478 e. The van der Waals surface area contributed by atoms with Crippen LogP contribution in [0.15, 0.2) is 66.9 Å². The van der Waals surface area contributed by atoms with Gasteiger partial charge in [0, 0.05) is 19.2 Å². The third-order valence-electron chi connectivity index (χ3n) is 4.29. The molecule has 0 bridgehead atoms. The standard InChI is InChI=1S/C22H21N3O3/c1-15-8-10-17(11-9-15)21(26)24-18-12-19(22(27)28)20(23-13-18)25(2)14-16-6-4-3-5-7-16/h3-13H,14H2,1-2H3,(H,24,26)(H,27,28). The summed E-state index contributed by atoms with van der Waals surface area (Å²) in [5.74, 6) is -1.08. The molecule has 6 heteroatoms. The molecule has 3 rings (SSSR count). The summed E-state index contributed by atoms with van der Waals surface area (Å²) in [7, 11) is 1.78. The summed E-state index contributed by atoms with van der Waals surface area (Å²) < 4.78 is 0. The van der Waals surface area contributed by atoms with Gasteiger partial charge in [-0.05, 0) is 30.7 Å². The maximum Gasteiger partial charge on any atom is 0.339 e. The zero-order chi connectivity index (χ0) is 20.1. The van der Waals surface area contributed by atoms with Crippen molar-refractivity contribution < 1.29 is 14.7 Å². The van der Waals surface area contributed by atoms with E-state index in [9.17, 15) is 14.7 Å². The Morgan fingerprint density at radius 3 is 2.39 bits per heavy atom. The molecule has 0 unspecified atom stereocenters. The number of aromatic carboxylic acids is 1. The lowest BCUT2D eigenvalue weighted by molar-refractivity contribution is 0.0696. The molecule has 0 radical (unpaired) electrons. The van der Waals surface area contributed by atoms with Crippen LogP contribution in [0.25, 0.3) is 0 Å². The summed E-state index contributed by atoms with van der Waals surface area (Å²) in [4.78, 5) is 30.2. The van der Waals surface area contributed by atoms with E-state index in [1.807, 2.05) is 49.4 Å². The van der Waals surface area contributed by atoms with Crippen molar-refractivity contribution in [2.75, 3.05) is 17.3 Å². The predicted octanol–water partition coefficient (Wildman–Crippen LogP) is 3.98. The monoisotopic (exact) mass is 375 g/mol. The number of carbonyl (C=O) groups excluding carboxylic acids is 1. The number of carbonyl (C=O) groups is 2. The molecule has 0 spiro atoms. The van der Waals surface area contributed by atoms with E-state index in [2.05, 4.69) is 10.3 Å². The zero-order valence-electron chi connectivity index (χ0n) is 15.7. The van der Waals surface area contributed by atoms with E-state index in [0.717, 1.165) is 11.1 Å². The Bertz CT molecular complexity index is 986. The largest absolute Gasteiger partial charge is 0.478 e. The number of anilines is 2. The average molecular weight is 375 g/mol. The van der Waals surface area contributed by atoms with E-state index in [-0.39, 0.29) is 11.5 Å². The molecule has 2 aromatic carbocycles. The number of hydrogen-bond acceptors (Lipinski definition) is 4. The molecule has 2 N–H and O–H groups in total. The predicted molar refractivity (Wildman–Crippen MR) is 109 cm³/mol. The Hall–Kier alpha value is -3.67. The molecule has 6 nitrogen and oxygen atoms in total. The highest BCUT2D eigenvalue weighted by atomic mass is 16.4. The fraction of sp³-hybridized carbons (Fsp3) is 0.136. The van der Waals surface area contributed by atoms with Gasteiger partial charge in [-0.25, -0.2) is 9.78 Å².